The minimum atomic E-state index is -2.85. The highest BCUT2D eigenvalue weighted by molar-refractivity contribution is 7.90. The Kier molecular flexibility index (Phi) is 3.18. The molecule has 1 N–H and O–H groups in total. The summed E-state index contributed by atoms with van der Waals surface area (Å²) in [6.07, 6.45) is 8.06. The monoisotopic (exact) mass is 243 g/mol. The first kappa shape index (κ1) is 11.4. The van der Waals surface area contributed by atoms with E-state index in [0.717, 1.165) is 5.95 Å². The second kappa shape index (κ2) is 4.45. The maximum atomic E-state index is 10.9. The van der Waals surface area contributed by atoms with E-state index in [-0.39, 0.29) is 5.75 Å². The van der Waals surface area contributed by atoms with E-state index >= 15 is 0 Å². The van der Waals surface area contributed by atoms with Gasteiger partial charge in [0.1, 0.15) is 9.84 Å². The van der Waals surface area contributed by atoms with Gasteiger partial charge in [-0.15, -0.1) is 0 Å². The minimum absolute atomic E-state index is 0.226. The molecule has 0 atom stereocenters. The molecule has 0 amide bonds. The van der Waals surface area contributed by atoms with E-state index in [0.29, 0.717) is 19.0 Å². The second-order valence-corrected chi connectivity index (χ2v) is 6.56. The molecule has 0 bridgehead atoms. The number of anilines is 1. The number of rotatable bonds is 6. The molecular weight excluding hydrogens is 226 g/mol. The van der Waals surface area contributed by atoms with Crippen LogP contribution < -0.4 is 5.32 Å². The minimum Gasteiger partial charge on any atom is -0.356 e. The van der Waals surface area contributed by atoms with Gasteiger partial charge in [0.05, 0.1) is 5.75 Å². The summed E-state index contributed by atoms with van der Waals surface area (Å²) in [4.78, 5) is 4.21. The van der Waals surface area contributed by atoms with Crippen LogP contribution in [0.3, 0.4) is 0 Å². The van der Waals surface area contributed by atoms with Gasteiger partial charge in [0.25, 0.3) is 0 Å². The van der Waals surface area contributed by atoms with Crippen molar-refractivity contribution in [3.63, 3.8) is 0 Å². The summed E-state index contributed by atoms with van der Waals surface area (Å²) in [5, 5.41) is 3.17. The van der Waals surface area contributed by atoms with Crippen LogP contribution in [0, 0.1) is 0 Å². The number of nitrogens with one attached hydrogen (secondary N) is 1. The fourth-order valence-electron chi connectivity index (χ4n) is 1.63. The number of imidazole rings is 1. The number of hydrogen-bond acceptors (Lipinski definition) is 4. The van der Waals surface area contributed by atoms with Crippen LogP contribution >= 0.6 is 0 Å². The van der Waals surface area contributed by atoms with Crippen molar-refractivity contribution in [1.82, 2.24) is 9.55 Å². The molecule has 2 rings (SSSR count). The van der Waals surface area contributed by atoms with Crippen LogP contribution in [0.1, 0.15) is 25.3 Å². The predicted molar refractivity (Wildman–Crippen MR) is 63.3 cm³/mol. The fraction of sp³-hybridized carbons (Fsp3) is 0.700. The van der Waals surface area contributed by atoms with Crippen molar-refractivity contribution in [3.05, 3.63) is 12.4 Å². The number of hydrogen-bond donors (Lipinski definition) is 1. The standard InChI is InChI=1S/C10H17N3O2S/c1-16(14,15)8-2-5-11-10-12-6-7-13(10)9-3-4-9/h6-7,9H,2-5,8H2,1H3,(H,11,12). The Morgan fingerprint density at radius 2 is 2.31 bits per heavy atom. The van der Waals surface area contributed by atoms with Gasteiger partial charge in [-0.1, -0.05) is 0 Å². The Bertz CT molecular complexity index is 448. The average molecular weight is 243 g/mol. The average Bonchev–Trinajstić information content (AvgIpc) is 2.92. The smallest absolute Gasteiger partial charge is 0.203 e. The molecule has 0 unspecified atom stereocenters. The molecular formula is C10H17N3O2S. The van der Waals surface area contributed by atoms with E-state index in [1.165, 1.54) is 19.1 Å². The van der Waals surface area contributed by atoms with Crippen LogP contribution in [0.15, 0.2) is 12.4 Å². The van der Waals surface area contributed by atoms with Crippen LogP contribution in [0.5, 0.6) is 0 Å². The van der Waals surface area contributed by atoms with E-state index < -0.39 is 9.84 Å². The third-order valence-electron chi connectivity index (χ3n) is 2.58. The maximum Gasteiger partial charge on any atom is 0.203 e. The first-order valence-electron chi connectivity index (χ1n) is 5.51. The van der Waals surface area contributed by atoms with Crippen molar-refractivity contribution < 1.29 is 8.42 Å². The molecule has 0 aliphatic heterocycles. The largest absolute Gasteiger partial charge is 0.356 e. The molecule has 0 radical (unpaired) electrons. The second-order valence-electron chi connectivity index (χ2n) is 4.30. The van der Waals surface area contributed by atoms with Gasteiger partial charge < -0.3 is 9.88 Å². The van der Waals surface area contributed by atoms with E-state index in [1.54, 1.807) is 6.20 Å². The highest BCUT2D eigenvalue weighted by Crippen LogP contribution is 2.36. The molecule has 1 aromatic rings. The van der Waals surface area contributed by atoms with E-state index in [9.17, 15) is 8.42 Å². The summed E-state index contributed by atoms with van der Waals surface area (Å²) in [6, 6.07) is 0.597. The van der Waals surface area contributed by atoms with Crippen molar-refractivity contribution in [2.24, 2.45) is 0 Å². The molecule has 1 aliphatic rings. The maximum absolute atomic E-state index is 10.9. The highest BCUT2D eigenvalue weighted by atomic mass is 32.2. The van der Waals surface area contributed by atoms with Crippen molar-refractivity contribution in [1.29, 1.82) is 0 Å². The molecule has 5 nitrogen and oxygen atoms in total. The Balaban J connectivity index is 1.79. The van der Waals surface area contributed by atoms with E-state index in [1.807, 2.05) is 6.20 Å². The van der Waals surface area contributed by atoms with Gasteiger partial charge in [-0.3, -0.25) is 0 Å². The molecule has 1 fully saturated rings. The molecule has 1 heterocycles. The van der Waals surface area contributed by atoms with Crippen molar-refractivity contribution in [2.75, 3.05) is 23.9 Å². The summed E-state index contributed by atoms with van der Waals surface area (Å²) >= 11 is 0. The molecule has 1 aliphatic carbocycles. The zero-order valence-corrected chi connectivity index (χ0v) is 10.2. The zero-order valence-electron chi connectivity index (χ0n) is 9.39. The highest BCUT2D eigenvalue weighted by Gasteiger charge is 2.25. The van der Waals surface area contributed by atoms with Gasteiger partial charge in [-0.25, -0.2) is 13.4 Å². The lowest BCUT2D eigenvalue weighted by Crippen LogP contribution is -2.12. The Morgan fingerprint density at radius 3 is 2.94 bits per heavy atom. The first-order chi connectivity index (χ1) is 7.56. The predicted octanol–water partition coefficient (Wildman–Crippen LogP) is 1.06. The van der Waals surface area contributed by atoms with E-state index in [2.05, 4.69) is 14.9 Å². The molecule has 6 heteroatoms. The first-order valence-corrected chi connectivity index (χ1v) is 7.57. The quantitative estimate of drug-likeness (QED) is 0.759. The van der Waals surface area contributed by atoms with Crippen molar-refractivity contribution in [2.45, 2.75) is 25.3 Å². The van der Waals surface area contributed by atoms with Gasteiger partial charge in [-0.05, 0) is 19.3 Å². The number of aromatic nitrogens is 2. The summed E-state index contributed by atoms with van der Waals surface area (Å²) in [7, 11) is -2.85. The van der Waals surface area contributed by atoms with Crippen LogP contribution in [0.4, 0.5) is 5.95 Å². The van der Waals surface area contributed by atoms with Gasteiger partial charge in [0, 0.05) is 31.2 Å². The third-order valence-corrected chi connectivity index (χ3v) is 3.61. The number of nitrogens with zero attached hydrogens (tertiary/aromatic N) is 2. The molecule has 90 valence electrons. The van der Waals surface area contributed by atoms with Crippen LogP contribution in [-0.4, -0.2) is 36.5 Å². The normalized spacial score (nSPS) is 16.3. The molecule has 16 heavy (non-hydrogen) atoms. The molecule has 1 aromatic heterocycles. The zero-order chi connectivity index (χ0) is 11.6. The SMILES string of the molecule is CS(=O)(=O)CCCNc1nccn1C1CC1. The van der Waals surface area contributed by atoms with Gasteiger partial charge in [0.15, 0.2) is 0 Å². The van der Waals surface area contributed by atoms with E-state index in [4.69, 9.17) is 0 Å². The number of sulfone groups is 1. The molecule has 0 spiro atoms. The summed E-state index contributed by atoms with van der Waals surface area (Å²) in [5.74, 6) is 1.08. The summed E-state index contributed by atoms with van der Waals surface area (Å²) in [5.41, 5.74) is 0. The Morgan fingerprint density at radius 1 is 1.56 bits per heavy atom. The fourth-order valence-corrected chi connectivity index (χ4v) is 2.30. The lowest BCUT2D eigenvalue weighted by atomic mass is 10.5. The van der Waals surface area contributed by atoms with Gasteiger partial charge >= 0.3 is 0 Å². The lowest BCUT2D eigenvalue weighted by molar-refractivity contribution is 0.599. The summed E-state index contributed by atoms with van der Waals surface area (Å²) < 4.78 is 24.0. The lowest BCUT2D eigenvalue weighted by Gasteiger charge is -2.08. The Hall–Kier alpha value is -1.04. The topological polar surface area (TPSA) is 64.0 Å². The van der Waals surface area contributed by atoms with Crippen molar-refractivity contribution >= 4 is 15.8 Å². The molecule has 0 saturated heterocycles. The van der Waals surface area contributed by atoms with Gasteiger partial charge in [0.2, 0.25) is 5.95 Å². The van der Waals surface area contributed by atoms with Gasteiger partial charge in [-0.2, -0.15) is 0 Å². The van der Waals surface area contributed by atoms with Crippen LogP contribution in [0.2, 0.25) is 0 Å². The van der Waals surface area contributed by atoms with Crippen molar-refractivity contribution in [3.8, 4) is 0 Å². The molecule has 0 aromatic carbocycles. The Labute approximate surface area is 95.8 Å². The third kappa shape index (κ3) is 3.23. The summed E-state index contributed by atoms with van der Waals surface area (Å²) in [6.45, 7) is 0.650. The van der Waals surface area contributed by atoms with Crippen LogP contribution in [-0.2, 0) is 9.84 Å². The molecule has 1 saturated carbocycles. The van der Waals surface area contributed by atoms with Crippen LogP contribution in [0.25, 0.3) is 0 Å².